The van der Waals surface area contributed by atoms with Crippen LogP contribution in [0.25, 0.3) is 0 Å². The number of amides is 2. The number of hydrogen-bond acceptors (Lipinski definition) is 2. The van der Waals surface area contributed by atoms with Crippen LogP contribution in [0.15, 0.2) is 24.3 Å². The van der Waals surface area contributed by atoms with Gasteiger partial charge in [0.25, 0.3) is 11.8 Å². The molecule has 1 fully saturated rings. The largest absolute Gasteiger partial charge is 0.350 e. The SMILES string of the molecule is CC(C)NC(=O)c1cccc(C(=O)NC2CCCCC2)c1. The van der Waals surface area contributed by atoms with Crippen molar-refractivity contribution < 1.29 is 9.59 Å². The molecule has 4 heteroatoms. The Bertz CT molecular complexity index is 505. The lowest BCUT2D eigenvalue weighted by Crippen LogP contribution is -2.36. The molecule has 0 bridgehead atoms. The monoisotopic (exact) mass is 288 g/mol. The van der Waals surface area contributed by atoms with Crippen LogP contribution in [0.2, 0.25) is 0 Å². The topological polar surface area (TPSA) is 58.2 Å². The average Bonchev–Trinajstić information content (AvgIpc) is 2.47. The van der Waals surface area contributed by atoms with Crippen LogP contribution in [0.5, 0.6) is 0 Å². The first-order valence-corrected chi connectivity index (χ1v) is 7.78. The minimum atomic E-state index is -0.141. The smallest absolute Gasteiger partial charge is 0.251 e. The molecule has 114 valence electrons. The summed E-state index contributed by atoms with van der Waals surface area (Å²) in [5.74, 6) is -0.224. The zero-order valence-corrected chi connectivity index (χ0v) is 12.8. The van der Waals surface area contributed by atoms with Crippen molar-refractivity contribution in [3.63, 3.8) is 0 Å². The van der Waals surface area contributed by atoms with Crippen molar-refractivity contribution in [2.75, 3.05) is 0 Å². The van der Waals surface area contributed by atoms with Crippen LogP contribution in [0.1, 0.15) is 66.7 Å². The summed E-state index contributed by atoms with van der Waals surface area (Å²) >= 11 is 0. The standard InChI is InChI=1S/C17H24N2O2/c1-12(2)18-16(20)13-7-6-8-14(11-13)17(21)19-15-9-4-3-5-10-15/h6-8,11-12,15H,3-5,9-10H2,1-2H3,(H,18,20)(H,19,21). The van der Waals surface area contributed by atoms with Crippen molar-refractivity contribution >= 4 is 11.8 Å². The van der Waals surface area contributed by atoms with E-state index in [1.165, 1.54) is 19.3 Å². The fraction of sp³-hybridized carbons (Fsp3) is 0.529. The average molecular weight is 288 g/mol. The zero-order valence-electron chi connectivity index (χ0n) is 12.8. The summed E-state index contributed by atoms with van der Waals surface area (Å²) < 4.78 is 0. The highest BCUT2D eigenvalue weighted by atomic mass is 16.2. The van der Waals surface area contributed by atoms with Crippen molar-refractivity contribution in [2.24, 2.45) is 0 Å². The predicted molar refractivity (Wildman–Crippen MR) is 83.4 cm³/mol. The lowest BCUT2D eigenvalue weighted by Gasteiger charge is -2.22. The van der Waals surface area contributed by atoms with E-state index in [2.05, 4.69) is 10.6 Å². The number of rotatable bonds is 4. The van der Waals surface area contributed by atoms with Gasteiger partial charge in [-0.05, 0) is 44.9 Å². The molecule has 2 N–H and O–H groups in total. The predicted octanol–water partition coefficient (Wildman–Crippen LogP) is 2.89. The lowest BCUT2D eigenvalue weighted by atomic mass is 9.95. The maximum atomic E-state index is 12.3. The molecule has 1 aromatic rings. The van der Waals surface area contributed by atoms with Crippen LogP contribution in [0.3, 0.4) is 0 Å². The van der Waals surface area contributed by atoms with Crippen LogP contribution >= 0.6 is 0 Å². The van der Waals surface area contributed by atoms with E-state index in [1.54, 1.807) is 24.3 Å². The molecule has 1 aliphatic carbocycles. The summed E-state index contributed by atoms with van der Waals surface area (Å²) in [5, 5.41) is 5.91. The van der Waals surface area contributed by atoms with Gasteiger partial charge in [-0.25, -0.2) is 0 Å². The van der Waals surface area contributed by atoms with Gasteiger partial charge in [-0.2, -0.15) is 0 Å². The Morgan fingerprint density at radius 1 is 1.05 bits per heavy atom. The third-order valence-electron chi connectivity index (χ3n) is 3.75. The lowest BCUT2D eigenvalue weighted by molar-refractivity contribution is 0.0927. The summed E-state index contributed by atoms with van der Waals surface area (Å²) in [6, 6.07) is 7.26. The fourth-order valence-electron chi connectivity index (χ4n) is 2.66. The van der Waals surface area contributed by atoms with Crippen LogP contribution in [0, 0.1) is 0 Å². The summed E-state index contributed by atoms with van der Waals surface area (Å²) in [5.41, 5.74) is 1.08. The Hall–Kier alpha value is -1.84. The molecule has 21 heavy (non-hydrogen) atoms. The number of benzene rings is 1. The van der Waals surface area contributed by atoms with Gasteiger partial charge in [0.05, 0.1) is 0 Å². The number of nitrogens with one attached hydrogen (secondary N) is 2. The minimum absolute atomic E-state index is 0.0808. The minimum Gasteiger partial charge on any atom is -0.350 e. The second-order valence-electron chi connectivity index (χ2n) is 6.02. The maximum Gasteiger partial charge on any atom is 0.251 e. The Labute approximate surface area is 126 Å². The highest BCUT2D eigenvalue weighted by molar-refractivity contribution is 5.99. The first kappa shape index (κ1) is 15.5. The molecule has 0 aromatic heterocycles. The van der Waals surface area contributed by atoms with Gasteiger partial charge >= 0.3 is 0 Å². The second-order valence-corrected chi connectivity index (χ2v) is 6.02. The van der Waals surface area contributed by atoms with Crippen molar-refractivity contribution in [2.45, 2.75) is 58.0 Å². The van der Waals surface area contributed by atoms with E-state index in [-0.39, 0.29) is 23.9 Å². The number of hydrogen-bond donors (Lipinski definition) is 2. The zero-order chi connectivity index (χ0) is 15.2. The first-order valence-electron chi connectivity index (χ1n) is 7.78. The van der Waals surface area contributed by atoms with Gasteiger partial charge < -0.3 is 10.6 Å². The molecule has 0 radical (unpaired) electrons. The molecule has 4 nitrogen and oxygen atoms in total. The Kier molecular flexibility index (Phi) is 5.37. The number of carbonyl (C=O) groups is 2. The van der Waals surface area contributed by atoms with Crippen molar-refractivity contribution in [3.8, 4) is 0 Å². The quantitative estimate of drug-likeness (QED) is 0.895. The third kappa shape index (κ3) is 4.59. The molecule has 0 saturated heterocycles. The second kappa shape index (κ2) is 7.25. The van der Waals surface area contributed by atoms with Gasteiger partial charge in [0.15, 0.2) is 0 Å². The van der Waals surface area contributed by atoms with Crippen molar-refractivity contribution in [1.82, 2.24) is 10.6 Å². The van der Waals surface area contributed by atoms with Gasteiger partial charge in [-0.3, -0.25) is 9.59 Å². The molecule has 2 amide bonds. The van der Waals surface area contributed by atoms with Crippen LogP contribution < -0.4 is 10.6 Å². The van der Waals surface area contributed by atoms with E-state index in [1.807, 2.05) is 13.8 Å². The van der Waals surface area contributed by atoms with Crippen molar-refractivity contribution in [1.29, 1.82) is 0 Å². The van der Waals surface area contributed by atoms with Gasteiger partial charge in [-0.1, -0.05) is 25.3 Å². The molecule has 1 aliphatic rings. The van der Waals surface area contributed by atoms with E-state index in [9.17, 15) is 9.59 Å². The van der Waals surface area contributed by atoms with Crippen LogP contribution in [-0.2, 0) is 0 Å². The molecule has 1 aromatic carbocycles. The van der Waals surface area contributed by atoms with Crippen LogP contribution in [0.4, 0.5) is 0 Å². The molecule has 2 rings (SSSR count). The molecular formula is C17H24N2O2. The fourth-order valence-corrected chi connectivity index (χ4v) is 2.66. The Morgan fingerprint density at radius 3 is 2.29 bits per heavy atom. The van der Waals surface area contributed by atoms with E-state index >= 15 is 0 Å². The molecule has 0 heterocycles. The van der Waals surface area contributed by atoms with E-state index in [0.717, 1.165) is 12.8 Å². The third-order valence-corrected chi connectivity index (χ3v) is 3.75. The Balaban J connectivity index is 2.02. The molecule has 0 aliphatic heterocycles. The normalized spacial score (nSPS) is 15.8. The summed E-state index contributed by atoms with van der Waals surface area (Å²) in [7, 11) is 0. The molecule has 0 spiro atoms. The highest BCUT2D eigenvalue weighted by Gasteiger charge is 2.17. The van der Waals surface area contributed by atoms with Crippen molar-refractivity contribution in [3.05, 3.63) is 35.4 Å². The van der Waals surface area contributed by atoms with E-state index < -0.39 is 0 Å². The first-order chi connectivity index (χ1) is 10.1. The molecule has 0 unspecified atom stereocenters. The summed E-state index contributed by atoms with van der Waals surface area (Å²) in [6.45, 7) is 3.83. The van der Waals surface area contributed by atoms with Gasteiger partial charge in [0, 0.05) is 23.2 Å². The van der Waals surface area contributed by atoms with Crippen LogP contribution in [-0.4, -0.2) is 23.9 Å². The van der Waals surface area contributed by atoms with Gasteiger partial charge in [-0.15, -0.1) is 0 Å². The molecular weight excluding hydrogens is 264 g/mol. The van der Waals surface area contributed by atoms with E-state index in [0.29, 0.717) is 11.1 Å². The molecule has 0 atom stereocenters. The van der Waals surface area contributed by atoms with E-state index in [4.69, 9.17) is 0 Å². The molecule has 1 saturated carbocycles. The van der Waals surface area contributed by atoms with Gasteiger partial charge in [0.1, 0.15) is 0 Å². The summed E-state index contributed by atoms with van der Waals surface area (Å²) in [4.78, 5) is 24.2. The summed E-state index contributed by atoms with van der Waals surface area (Å²) in [6.07, 6.45) is 5.74. The maximum absolute atomic E-state index is 12.3. The Morgan fingerprint density at radius 2 is 1.67 bits per heavy atom. The number of carbonyl (C=O) groups excluding carboxylic acids is 2. The highest BCUT2D eigenvalue weighted by Crippen LogP contribution is 2.18. The van der Waals surface area contributed by atoms with Gasteiger partial charge in [0.2, 0.25) is 0 Å².